The van der Waals surface area contributed by atoms with Crippen molar-refractivity contribution in [2.75, 3.05) is 11.9 Å². The minimum absolute atomic E-state index is 0.0834. The topological polar surface area (TPSA) is 67.2 Å². The van der Waals surface area contributed by atoms with E-state index < -0.39 is 23.6 Å². The van der Waals surface area contributed by atoms with E-state index in [2.05, 4.69) is 10.4 Å². The number of hydrogen-bond donors (Lipinski definition) is 1. The average Bonchev–Trinajstić information content (AvgIpc) is 2.99. The van der Waals surface area contributed by atoms with Gasteiger partial charge in [-0.15, -0.1) is 0 Å². The van der Waals surface area contributed by atoms with Gasteiger partial charge in [-0.2, -0.15) is 18.3 Å². The molecular weight excluding hydrogens is 397 g/mol. The predicted octanol–water partition coefficient (Wildman–Crippen LogP) is 4.23. The van der Waals surface area contributed by atoms with Crippen molar-refractivity contribution in [1.29, 1.82) is 0 Å². The number of carbonyl (C=O) groups excluding carboxylic acids is 2. The fourth-order valence-corrected chi connectivity index (χ4v) is 2.74. The Balaban J connectivity index is 2.14. The number of anilines is 1. The number of rotatable bonds is 5. The quantitative estimate of drug-likeness (QED) is 0.781. The molecule has 0 atom stereocenters. The van der Waals surface area contributed by atoms with Crippen molar-refractivity contribution in [2.45, 2.75) is 52.3 Å². The number of aromatic nitrogens is 2. The maximum Gasteiger partial charge on any atom is 0.416 e. The number of benzene rings is 1. The molecule has 0 saturated carbocycles. The highest BCUT2D eigenvalue weighted by atomic mass is 19.4. The van der Waals surface area contributed by atoms with Gasteiger partial charge in [0.05, 0.1) is 11.3 Å². The van der Waals surface area contributed by atoms with E-state index in [0.717, 1.165) is 30.0 Å². The molecule has 2 aromatic rings. The first kappa shape index (κ1) is 23.4. The van der Waals surface area contributed by atoms with E-state index in [-0.39, 0.29) is 23.6 Å². The van der Waals surface area contributed by atoms with Crippen LogP contribution >= 0.6 is 0 Å². The van der Waals surface area contributed by atoms with Gasteiger partial charge in [0.1, 0.15) is 12.4 Å². The highest BCUT2D eigenvalue weighted by molar-refractivity contribution is 5.99. The Labute approximate surface area is 174 Å². The lowest BCUT2D eigenvalue weighted by Gasteiger charge is -2.26. The van der Waals surface area contributed by atoms with E-state index in [1.54, 1.807) is 31.6 Å². The van der Waals surface area contributed by atoms with Gasteiger partial charge in [0.25, 0.3) is 5.91 Å². The fourth-order valence-electron chi connectivity index (χ4n) is 2.74. The van der Waals surface area contributed by atoms with E-state index in [1.807, 2.05) is 20.8 Å². The van der Waals surface area contributed by atoms with Gasteiger partial charge in [-0.1, -0.05) is 20.8 Å². The zero-order chi connectivity index (χ0) is 22.9. The molecule has 164 valence electrons. The smallest absolute Gasteiger partial charge is 0.327 e. The third kappa shape index (κ3) is 5.61. The monoisotopic (exact) mass is 424 g/mol. The third-order valence-electron chi connectivity index (χ3n) is 4.57. The number of amides is 2. The van der Waals surface area contributed by atoms with Crippen LogP contribution in [0.3, 0.4) is 0 Å². The molecule has 1 N–H and O–H groups in total. The molecule has 0 aliphatic carbocycles. The minimum atomic E-state index is -4.48. The van der Waals surface area contributed by atoms with Crippen LogP contribution < -0.4 is 5.32 Å². The summed E-state index contributed by atoms with van der Waals surface area (Å²) in [7, 11) is 1.71. The van der Waals surface area contributed by atoms with Gasteiger partial charge in [-0.3, -0.25) is 14.3 Å². The Morgan fingerprint density at radius 1 is 1.13 bits per heavy atom. The van der Waals surface area contributed by atoms with Crippen molar-refractivity contribution in [2.24, 2.45) is 7.05 Å². The summed E-state index contributed by atoms with van der Waals surface area (Å²) in [6, 6.07) is 5.40. The number of aryl methyl sites for hydroxylation is 1. The second-order valence-electron chi connectivity index (χ2n) is 8.44. The van der Waals surface area contributed by atoms with Crippen LogP contribution in [0.25, 0.3) is 0 Å². The summed E-state index contributed by atoms with van der Waals surface area (Å²) in [6.45, 7) is 9.24. The lowest BCUT2D eigenvalue weighted by atomic mass is 9.92. The molecule has 9 heteroatoms. The van der Waals surface area contributed by atoms with E-state index in [4.69, 9.17) is 0 Å². The van der Waals surface area contributed by atoms with Crippen molar-refractivity contribution in [1.82, 2.24) is 14.7 Å². The van der Waals surface area contributed by atoms with Gasteiger partial charge >= 0.3 is 6.18 Å². The summed E-state index contributed by atoms with van der Waals surface area (Å²) < 4.78 is 39.8. The van der Waals surface area contributed by atoms with Crippen molar-refractivity contribution < 1.29 is 22.8 Å². The first-order chi connectivity index (χ1) is 13.7. The van der Waals surface area contributed by atoms with Crippen LogP contribution in [0.2, 0.25) is 0 Å². The van der Waals surface area contributed by atoms with E-state index in [9.17, 15) is 22.8 Å². The third-order valence-corrected chi connectivity index (χ3v) is 4.57. The molecule has 2 amide bonds. The molecule has 0 bridgehead atoms. The molecule has 1 aromatic carbocycles. The van der Waals surface area contributed by atoms with Crippen LogP contribution in [0.4, 0.5) is 19.0 Å². The molecule has 0 unspecified atom stereocenters. The number of hydrogen-bond acceptors (Lipinski definition) is 3. The summed E-state index contributed by atoms with van der Waals surface area (Å²) >= 11 is 0. The predicted molar refractivity (Wildman–Crippen MR) is 108 cm³/mol. The van der Waals surface area contributed by atoms with Crippen LogP contribution in [0, 0.1) is 0 Å². The zero-order valence-electron chi connectivity index (χ0n) is 18.0. The summed E-state index contributed by atoms with van der Waals surface area (Å²) in [4.78, 5) is 26.7. The minimum Gasteiger partial charge on any atom is -0.327 e. The molecule has 6 nitrogen and oxygen atoms in total. The van der Waals surface area contributed by atoms with Gasteiger partial charge in [0.15, 0.2) is 0 Å². The van der Waals surface area contributed by atoms with Gasteiger partial charge in [-0.25, -0.2) is 0 Å². The maximum absolute atomic E-state index is 12.8. The van der Waals surface area contributed by atoms with Crippen LogP contribution in [0.5, 0.6) is 0 Å². The maximum atomic E-state index is 12.8. The van der Waals surface area contributed by atoms with E-state index >= 15 is 0 Å². The molecule has 30 heavy (non-hydrogen) atoms. The first-order valence-electron chi connectivity index (χ1n) is 9.52. The molecule has 1 aromatic heterocycles. The zero-order valence-corrected chi connectivity index (χ0v) is 18.0. The molecule has 0 saturated heterocycles. The summed E-state index contributed by atoms with van der Waals surface area (Å²) in [5.74, 6) is -0.447. The molecule has 0 radical (unpaired) electrons. The highest BCUT2D eigenvalue weighted by Gasteiger charge is 2.31. The van der Waals surface area contributed by atoms with Crippen LogP contribution in [0.1, 0.15) is 56.2 Å². The lowest BCUT2D eigenvalue weighted by Crippen LogP contribution is -2.42. The number of halogens is 3. The van der Waals surface area contributed by atoms with Crippen LogP contribution in [0.15, 0.2) is 30.3 Å². The summed E-state index contributed by atoms with van der Waals surface area (Å²) in [5.41, 5.74) is -0.135. The van der Waals surface area contributed by atoms with Crippen molar-refractivity contribution in [3.05, 3.63) is 47.2 Å². The summed E-state index contributed by atoms with van der Waals surface area (Å²) in [6.07, 6.45) is -4.48. The Kier molecular flexibility index (Phi) is 6.63. The van der Waals surface area contributed by atoms with E-state index in [0.29, 0.717) is 5.82 Å². The second-order valence-corrected chi connectivity index (χ2v) is 8.44. The molecule has 0 aliphatic heterocycles. The number of nitrogens with one attached hydrogen (secondary N) is 1. The van der Waals surface area contributed by atoms with Crippen LogP contribution in [-0.2, 0) is 23.4 Å². The fraction of sp³-hybridized carbons (Fsp3) is 0.476. The molecule has 0 spiro atoms. The number of carbonyl (C=O) groups is 2. The average molecular weight is 424 g/mol. The Morgan fingerprint density at radius 2 is 1.70 bits per heavy atom. The highest BCUT2D eigenvalue weighted by Crippen LogP contribution is 2.29. The van der Waals surface area contributed by atoms with Gasteiger partial charge < -0.3 is 10.2 Å². The Hall–Kier alpha value is -2.84. The Morgan fingerprint density at radius 3 is 2.13 bits per heavy atom. The molecule has 0 fully saturated rings. The molecule has 1 heterocycles. The number of nitrogens with zero attached hydrogens (tertiary/aromatic N) is 3. The number of alkyl halides is 3. The van der Waals surface area contributed by atoms with Crippen molar-refractivity contribution in [3.8, 4) is 0 Å². The second kappa shape index (κ2) is 8.49. The van der Waals surface area contributed by atoms with Crippen molar-refractivity contribution in [3.63, 3.8) is 0 Å². The molecule has 0 aliphatic rings. The van der Waals surface area contributed by atoms with E-state index in [1.165, 1.54) is 4.90 Å². The molecule has 2 rings (SSSR count). The van der Waals surface area contributed by atoms with Gasteiger partial charge in [0, 0.05) is 30.1 Å². The SMILES string of the molecule is CC(C)N(CC(=O)Nc1cc(C(C)(C)C)nn1C)C(=O)c1ccc(C(F)(F)F)cc1. The summed E-state index contributed by atoms with van der Waals surface area (Å²) in [5, 5.41) is 7.13. The largest absolute Gasteiger partial charge is 0.416 e. The van der Waals surface area contributed by atoms with Gasteiger partial charge in [-0.05, 0) is 38.1 Å². The van der Waals surface area contributed by atoms with Gasteiger partial charge in [0.2, 0.25) is 5.91 Å². The standard InChI is InChI=1S/C21H27F3N4O2/c1-13(2)28(19(30)14-7-9-15(10-8-14)21(22,23)24)12-18(29)25-17-11-16(20(3,4)5)26-27(17)6/h7-11,13H,12H2,1-6H3,(H,25,29). The van der Waals surface area contributed by atoms with Crippen molar-refractivity contribution >= 4 is 17.6 Å². The molecular formula is C21H27F3N4O2. The lowest BCUT2D eigenvalue weighted by molar-refractivity contribution is -0.137. The first-order valence-corrected chi connectivity index (χ1v) is 9.52. The normalized spacial score (nSPS) is 12.2. The Bertz CT molecular complexity index is 910. The van der Waals surface area contributed by atoms with Crippen LogP contribution in [-0.4, -0.2) is 39.1 Å².